The molecule has 0 spiro atoms. The third-order valence-electron chi connectivity index (χ3n) is 1.86. The molecule has 2 nitrogen and oxygen atoms in total. The molecule has 0 saturated carbocycles. The summed E-state index contributed by atoms with van der Waals surface area (Å²) < 4.78 is 50.1. The normalized spacial score (nSPS) is 9.89. The van der Waals surface area contributed by atoms with Crippen molar-refractivity contribution in [1.82, 2.24) is 4.98 Å². The van der Waals surface area contributed by atoms with Crippen molar-refractivity contribution in [1.29, 1.82) is 0 Å². The van der Waals surface area contributed by atoms with Gasteiger partial charge in [-0.2, -0.15) is 13.2 Å². The summed E-state index contributed by atoms with van der Waals surface area (Å²) in [7, 11) is 0. The molecule has 2 N–H and O–H groups in total. The van der Waals surface area contributed by atoms with E-state index in [0.29, 0.717) is 0 Å². The summed E-state index contributed by atoms with van der Waals surface area (Å²) >= 11 is 0. The summed E-state index contributed by atoms with van der Waals surface area (Å²) in [5.74, 6) is -1.61. The number of nitrogens with zero attached hydrogens (tertiary/aromatic N) is 1. The highest BCUT2D eigenvalue weighted by Gasteiger charge is 2.36. The van der Waals surface area contributed by atoms with E-state index in [1.165, 1.54) is 0 Å². The molecule has 6 heteroatoms. The Balaban J connectivity index is 0. The van der Waals surface area contributed by atoms with Gasteiger partial charge >= 0.3 is 6.18 Å². The molecule has 0 aliphatic heterocycles. The monoisotopic (exact) mass is 268 g/mol. The van der Waals surface area contributed by atoms with Gasteiger partial charge in [-0.3, -0.25) is 0 Å². The van der Waals surface area contributed by atoms with Gasteiger partial charge in [0.1, 0.15) is 0 Å². The highest BCUT2D eigenvalue weighted by atomic mass is 19.4. The predicted molar refractivity (Wildman–Crippen MR) is 65.8 cm³/mol. The summed E-state index contributed by atoms with van der Waals surface area (Å²) in [6.45, 7) is 10.2. The third-order valence-corrected chi connectivity index (χ3v) is 1.86. The number of pyridine rings is 1. The zero-order chi connectivity index (χ0) is 15.1. The third kappa shape index (κ3) is 4.50. The number of hydrogen-bond donors (Lipinski definition) is 1. The van der Waals surface area contributed by atoms with E-state index < -0.39 is 28.9 Å². The topological polar surface area (TPSA) is 38.9 Å². The van der Waals surface area contributed by atoms with Gasteiger partial charge in [0.15, 0.2) is 11.6 Å². The predicted octanol–water partition coefficient (Wildman–Crippen LogP) is 4.49. The van der Waals surface area contributed by atoms with Crippen LogP contribution in [0.3, 0.4) is 0 Å². The standard InChI is InChI=1S/C8H8F4N2.2C2H6/c1-3-5(8(10,11)12)4(2)14-7(13)6(3)9;2*1-2/h1-2H3,(H2,13,14);2*1-2H3. The lowest BCUT2D eigenvalue weighted by Gasteiger charge is -2.13. The molecule has 1 aromatic rings. The molecule has 0 aliphatic carbocycles. The largest absolute Gasteiger partial charge is 0.418 e. The average Bonchev–Trinajstić information content (AvgIpc) is 2.29. The molecule has 18 heavy (non-hydrogen) atoms. The maximum atomic E-state index is 13.0. The number of aromatic nitrogens is 1. The zero-order valence-electron chi connectivity index (χ0n) is 11.5. The van der Waals surface area contributed by atoms with E-state index >= 15 is 0 Å². The molecule has 0 aliphatic rings. The molecule has 1 heterocycles. The molecule has 0 fully saturated rings. The number of anilines is 1. The minimum absolute atomic E-state index is 0.311. The van der Waals surface area contributed by atoms with Crippen molar-refractivity contribution in [3.63, 3.8) is 0 Å². The molecule has 0 amide bonds. The number of nitrogens with two attached hydrogens (primary N) is 1. The van der Waals surface area contributed by atoms with Gasteiger partial charge in [0.05, 0.1) is 11.3 Å². The fourth-order valence-corrected chi connectivity index (χ4v) is 1.28. The lowest BCUT2D eigenvalue weighted by Crippen LogP contribution is -2.14. The maximum Gasteiger partial charge on any atom is 0.418 e. The van der Waals surface area contributed by atoms with E-state index in [0.717, 1.165) is 13.8 Å². The van der Waals surface area contributed by atoms with Crippen molar-refractivity contribution in [3.05, 3.63) is 22.6 Å². The number of alkyl halides is 3. The minimum atomic E-state index is -4.60. The van der Waals surface area contributed by atoms with Crippen molar-refractivity contribution in [2.24, 2.45) is 0 Å². The first-order valence-electron chi connectivity index (χ1n) is 5.74. The average molecular weight is 268 g/mol. The number of halogens is 4. The maximum absolute atomic E-state index is 13.0. The van der Waals surface area contributed by atoms with Gasteiger partial charge in [0.2, 0.25) is 0 Å². The fourth-order valence-electron chi connectivity index (χ4n) is 1.28. The Hall–Kier alpha value is -1.33. The molecule has 1 rings (SSSR count). The van der Waals surface area contributed by atoms with Gasteiger partial charge in [-0.25, -0.2) is 9.37 Å². The Labute approximate surface area is 105 Å². The minimum Gasteiger partial charge on any atom is -0.381 e. The molecule has 106 valence electrons. The molecule has 0 atom stereocenters. The lowest BCUT2D eigenvalue weighted by atomic mass is 10.1. The second-order valence-electron chi connectivity index (χ2n) is 2.89. The van der Waals surface area contributed by atoms with Crippen LogP contribution in [0.4, 0.5) is 23.4 Å². The quantitative estimate of drug-likeness (QED) is 0.704. The van der Waals surface area contributed by atoms with Crippen LogP contribution >= 0.6 is 0 Å². The van der Waals surface area contributed by atoms with Crippen molar-refractivity contribution in [2.45, 2.75) is 47.7 Å². The van der Waals surface area contributed by atoms with Crippen molar-refractivity contribution in [2.75, 3.05) is 5.73 Å². The van der Waals surface area contributed by atoms with Gasteiger partial charge in [-0.15, -0.1) is 0 Å². The molecule has 1 aromatic heterocycles. The van der Waals surface area contributed by atoms with E-state index in [4.69, 9.17) is 5.73 Å². The Morgan fingerprint density at radius 2 is 1.39 bits per heavy atom. The summed E-state index contributed by atoms with van der Waals surface area (Å²) in [5, 5.41) is 0. The van der Waals surface area contributed by atoms with Crippen LogP contribution in [0, 0.1) is 19.7 Å². The van der Waals surface area contributed by atoms with Crippen LogP contribution in [0.5, 0.6) is 0 Å². The first-order valence-corrected chi connectivity index (χ1v) is 5.74. The Morgan fingerprint density at radius 3 is 1.72 bits per heavy atom. The van der Waals surface area contributed by atoms with Crippen molar-refractivity contribution in [3.8, 4) is 0 Å². The van der Waals surface area contributed by atoms with Crippen LogP contribution in [-0.4, -0.2) is 4.98 Å². The van der Waals surface area contributed by atoms with E-state index in [1.54, 1.807) is 0 Å². The molecular weight excluding hydrogens is 248 g/mol. The Bertz CT molecular complexity index is 373. The number of aryl methyl sites for hydroxylation is 1. The van der Waals surface area contributed by atoms with E-state index in [9.17, 15) is 17.6 Å². The zero-order valence-corrected chi connectivity index (χ0v) is 11.5. The first kappa shape index (κ1) is 19.0. The number of nitrogen functional groups attached to an aromatic ring is 1. The van der Waals surface area contributed by atoms with Crippen LogP contribution in [0.15, 0.2) is 0 Å². The van der Waals surface area contributed by atoms with Crippen molar-refractivity contribution < 1.29 is 17.6 Å². The summed E-state index contributed by atoms with van der Waals surface area (Å²) in [5.41, 5.74) is 3.21. The van der Waals surface area contributed by atoms with Crippen molar-refractivity contribution >= 4 is 5.82 Å². The number of rotatable bonds is 0. The molecule has 0 bridgehead atoms. The molecule has 0 radical (unpaired) electrons. The summed E-state index contributed by atoms with van der Waals surface area (Å²) in [6.07, 6.45) is -4.60. The second kappa shape index (κ2) is 7.89. The highest BCUT2D eigenvalue weighted by Crippen LogP contribution is 2.35. The van der Waals surface area contributed by atoms with E-state index in [2.05, 4.69) is 4.98 Å². The van der Waals surface area contributed by atoms with Gasteiger partial charge in [-0.05, 0) is 13.8 Å². The van der Waals surface area contributed by atoms with Crippen LogP contribution < -0.4 is 5.73 Å². The fraction of sp³-hybridized carbons (Fsp3) is 0.583. The van der Waals surface area contributed by atoms with Crippen LogP contribution in [0.25, 0.3) is 0 Å². The van der Waals surface area contributed by atoms with Gasteiger partial charge in [0, 0.05) is 5.56 Å². The Kier molecular flexibility index (Phi) is 8.34. The Morgan fingerprint density at radius 1 is 1.00 bits per heavy atom. The summed E-state index contributed by atoms with van der Waals surface area (Å²) in [6, 6.07) is 0. The summed E-state index contributed by atoms with van der Waals surface area (Å²) in [4.78, 5) is 3.28. The van der Waals surface area contributed by atoms with Gasteiger partial charge in [0.25, 0.3) is 0 Å². The van der Waals surface area contributed by atoms with Crippen LogP contribution in [0.2, 0.25) is 0 Å². The van der Waals surface area contributed by atoms with Crippen LogP contribution in [-0.2, 0) is 6.18 Å². The van der Waals surface area contributed by atoms with E-state index in [-0.39, 0.29) is 5.69 Å². The van der Waals surface area contributed by atoms with Gasteiger partial charge in [-0.1, -0.05) is 27.7 Å². The second-order valence-corrected chi connectivity index (χ2v) is 2.89. The molecule has 0 aromatic carbocycles. The SMILES string of the molecule is CC.CC.Cc1nc(N)c(F)c(C)c1C(F)(F)F. The highest BCUT2D eigenvalue weighted by molar-refractivity contribution is 5.43. The lowest BCUT2D eigenvalue weighted by molar-refractivity contribution is -0.138. The molecular formula is C12H20F4N2. The number of hydrogen-bond acceptors (Lipinski definition) is 2. The molecule has 0 saturated heterocycles. The smallest absolute Gasteiger partial charge is 0.381 e. The van der Waals surface area contributed by atoms with E-state index in [1.807, 2.05) is 27.7 Å². The first-order chi connectivity index (χ1) is 8.25. The van der Waals surface area contributed by atoms with Gasteiger partial charge < -0.3 is 5.73 Å². The molecule has 0 unspecified atom stereocenters. The van der Waals surface area contributed by atoms with Crippen LogP contribution in [0.1, 0.15) is 44.5 Å².